The highest BCUT2D eigenvalue weighted by Crippen LogP contribution is 2.18. The van der Waals surface area contributed by atoms with E-state index in [0.29, 0.717) is 28.1 Å². The van der Waals surface area contributed by atoms with E-state index in [1.165, 1.54) is 0 Å². The third-order valence-electron chi connectivity index (χ3n) is 3.93. The first-order chi connectivity index (χ1) is 14.0. The quantitative estimate of drug-likeness (QED) is 0.376. The average molecular weight is 428 g/mol. The Morgan fingerprint density at radius 3 is 1.93 bits per heavy atom. The Kier molecular flexibility index (Phi) is 7.11. The SMILES string of the molecule is CCOc1ccc(/C(=N\NC(=O)Nc2ccc(Cl)cc2)c2ccc(Cl)cc2)cc1. The molecule has 0 saturated carbocycles. The smallest absolute Gasteiger partial charge is 0.339 e. The van der Waals surface area contributed by atoms with Crippen LogP contribution in [0, 0.1) is 0 Å². The number of hydrogen-bond acceptors (Lipinski definition) is 3. The van der Waals surface area contributed by atoms with Gasteiger partial charge in [-0.3, -0.25) is 0 Å². The molecular weight excluding hydrogens is 409 g/mol. The lowest BCUT2D eigenvalue weighted by Gasteiger charge is -2.10. The molecule has 29 heavy (non-hydrogen) atoms. The van der Waals surface area contributed by atoms with Gasteiger partial charge in [0, 0.05) is 26.9 Å². The number of hydrogen-bond donors (Lipinski definition) is 2. The summed E-state index contributed by atoms with van der Waals surface area (Å²) in [5, 5.41) is 8.24. The first-order valence-electron chi connectivity index (χ1n) is 8.94. The van der Waals surface area contributed by atoms with Crippen molar-refractivity contribution in [3.63, 3.8) is 0 Å². The van der Waals surface area contributed by atoms with Crippen molar-refractivity contribution in [3.05, 3.63) is 94.0 Å². The number of carbonyl (C=O) groups is 1. The summed E-state index contributed by atoms with van der Waals surface area (Å²) in [6, 6.07) is 21.1. The highest BCUT2D eigenvalue weighted by Gasteiger charge is 2.09. The van der Waals surface area contributed by atoms with Crippen LogP contribution in [0.15, 0.2) is 77.9 Å². The van der Waals surface area contributed by atoms with E-state index < -0.39 is 6.03 Å². The Morgan fingerprint density at radius 2 is 1.38 bits per heavy atom. The molecule has 148 valence electrons. The van der Waals surface area contributed by atoms with Crippen LogP contribution in [0.3, 0.4) is 0 Å². The zero-order valence-corrected chi connectivity index (χ0v) is 17.2. The van der Waals surface area contributed by atoms with Gasteiger partial charge in [-0.15, -0.1) is 0 Å². The number of ether oxygens (including phenoxy) is 1. The average Bonchev–Trinajstić information content (AvgIpc) is 2.72. The summed E-state index contributed by atoms with van der Waals surface area (Å²) in [5.74, 6) is 0.764. The fourth-order valence-corrected chi connectivity index (χ4v) is 2.83. The second-order valence-corrected chi connectivity index (χ2v) is 6.87. The zero-order valence-electron chi connectivity index (χ0n) is 15.7. The second kappa shape index (κ2) is 9.96. The molecule has 0 aliphatic carbocycles. The second-order valence-electron chi connectivity index (χ2n) is 6.00. The van der Waals surface area contributed by atoms with Gasteiger partial charge in [-0.1, -0.05) is 35.3 Å². The molecule has 0 bridgehead atoms. The van der Waals surface area contributed by atoms with E-state index in [0.717, 1.165) is 16.9 Å². The Hall–Kier alpha value is -3.02. The summed E-state index contributed by atoms with van der Waals surface area (Å²) >= 11 is 11.9. The van der Waals surface area contributed by atoms with E-state index in [1.807, 2.05) is 43.3 Å². The lowest BCUT2D eigenvalue weighted by atomic mass is 10.0. The summed E-state index contributed by atoms with van der Waals surface area (Å²) in [4.78, 5) is 12.3. The first-order valence-corrected chi connectivity index (χ1v) is 9.70. The van der Waals surface area contributed by atoms with Crippen LogP contribution in [0.1, 0.15) is 18.1 Å². The van der Waals surface area contributed by atoms with Crippen LogP contribution in [-0.2, 0) is 0 Å². The number of urea groups is 1. The highest BCUT2D eigenvalue weighted by atomic mass is 35.5. The third-order valence-corrected chi connectivity index (χ3v) is 4.43. The predicted molar refractivity (Wildman–Crippen MR) is 118 cm³/mol. The topological polar surface area (TPSA) is 62.7 Å². The molecule has 3 rings (SSSR count). The Balaban J connectivity index is 1.82. The van der Waals surface area contributed by atoms with Crippen LogP contribution in [0.4, 0.5) is 10.5 Å². The summed E-state index contributed by atoms with van der Waals surface area (Å²) in [5.41, 5.74) is 5.37. The maximum Gasteiger partial charge on any atom is 0.339 e. The molecule has 7 heteroatoms. The lowest BCUT2D eigenvalue weighted by molar-refractivity contribution is 0.252. The standard InChI is InChI=1S/C22H19Cl2N3O2/c1-2-29-20-13-5-16(6-14-20)21(15-3-7-17(23)8-4-15)26-27-22(28)25-19-11-9-18(24)10-12-19/h3-14H,2H2,1H3,(H2,25,27,28)/b26-21-. The van der Waals surface area contributed by atoms with Crippen molar-refractivity contribution in [2.24, 2.45) is 5.10 Å². The van der Waals surface area contributed by atoms with E-state index in [4.69, 9.17) is 27.9 Å². The van der Waals surface area contributed by atoms with Gasteiger partial charge in [0.1, 0.15) is 5.75 Å². The van der Waals surface area contributed by atoms with Crippen molar-refractivity contribution in [1.29, 1.82) is 0 Å². The highest BCUT2D eigenvalue weighted by molar-refractivity contribution is 6.31. The number of halogens is 2. The van der Waals surface area contributed by atoms with Gasteiger partial charge in [0.15, 0.2) is 0 Å². The number of carbonyl (C=O) groups excluding carboxylic acids is 1. The molecular formula is C22H19Cl2N3O2. The lowest BCUT2D eigenvalue weighted by Crippen LogP contribution is -2.26. The molecule has 5 nitrogen and oxygen atoms in total. The van der Waals surface area contributed by atoms with Gasteiger partial charge in [0.05, 0.1) is 12.3 Å². The van der Waals surface area contributed by atoms with Crippen molar-refractivity contribution in [1.82, 2.24) is 5.43 Å². The Morgan fingerprint density at radius 1 is 0.862 bits per heavy atom. The van der Waals surface area contributed by atoms with Crippen LogP contribution in [-0.4, -0.2) is 18.3 Å². The van der Waals surface area contributed by atoms with Gasteiger partial charge in [-0.2, -0.15) is 5.10 Å². The Labute approximate surface area is 179 Å². The summed E-state index contributed by atoms with van der Waals surface area (Å²) in [7, 11) is 0. The number of nitrogens with zero attached hydrogens (tertiary/aromatic N) is 1. The summed E-state index contributed by atoms with van der Waals surface area (Å²) in [6.45, 7) is 2.52. The number of anilines is 1. The Bertz CT molecular complexity index is 986. The molecule has 0 spiro atoms. The molecule has 0 saturated heterocycles. The first kappa shape index (κ1) is 20.7. The summed E-state index contributed by atoms with van der Waals surface area (Å²) < 4.78 is 5.49. The maximum atomic E-state index is 12.3. The van der Waals surface area contributed by atoms with Gasteiger partial charge >= 0.3 is 6.03 Å². The maximum absolute atomic E-state index is 12.3. The number of hydrazone groups is 1. The van der Waals surface area contributed by atoms with Crippen molar-refractivity contribution < 1.29 is 9.53 Å². The van der Waals surface area contributed by atoms with Crippen molar-refractivity contribution in [2.45, 2.75) is 6.92 Å². The number of nitrogens with one attached hydrogen (secondary N) is 2. The third kappa shape index (κ3) is 5.98. The molecule has 2 amide bonds. The summed E-state index contributed by atoms with van der Waals surface area (Å²) in [6.07, 6.45) is 0. The fraction of sp³-hybridized carbons (Fsp3) is 0.0909. The predicted octanol–water partition coefficient (Wildman–Crippen LogP) is 5.97. The van der Waals surface area contributed by atoms with Gasteiger partial charge in [0.25, 0.3) is 0 Å². The van der Waals surface area contributed by atoms with Crippen molar-refractivity contribution >= 4 is 40.6 Å². The minimum Gasteiger partial charge on any atom is -0.494 e. The fourth-order valence-electron chi connectivity index (χ4n) is 2.58. The molecule has 0 aliphatic heterocycles. The van der Waals surface area contributed by atoms with E-state index in [-0.39, 0.29) is 0 Å². The molecule has 0 atom stereocenters. The minimum atomic E-state index is -0.468. The number of rotatable bonds is 6. The zero-order chi connectivity index (χ0) is 20.6. The van der Waals surface area contributed by atoms with Gasteiger partial charge < -0.3 is 10.1 Å². The van der Waals surface area contributed by atoms with E-state index >= 15 is 0 Å². The molecule has 0 aliphatic rings. The van der Waals surface area contributed by atoms with Gasteiger partial charge in [-0.25, -0.2) is 10.2 Å². The van der Waals surface area contributed by atoms with Crippen LogP contribution in [0.25, 0.3) is 0 Å². The molecule has 0 radical (unpaired) electrons. The largest absolute Gasteiger partial charge is 0.494 e. The van der Waals surface area contributed by atoms with Crippen LogP contribution >= 0.6 is 23.2 Å². The molecule has 2 N–H and O–H groups in total. The van der Waals surface area contributed by atoms with Crippen LogP contribution < -0.4 is 15.5 Å². The van der Waals surface area contributed by atoms with E-state index in [9.17, 15) is 4.79 Å². The monoisotopic (exact) mass is 427 g/mol. The van der Waals surface area contributed by atoms with Gasteiger partial charge in [-0.05, 0) is 67.6 Å². The number of benzene rings is 3. The molecule has 0 fully saturated rings. The van der Waals surface area contributed by atoms with Crippen LogP contribution in [0.2, 0.25) is 10.0 Å². The van der Waals surface area contributed by atoms with E-state index in [1.54, 1.807) is 36.4 Å². The van der Waals surface area contributed by atoms with Crippen molar-refractivity contribution in [2.75, 3.05) is 11.9 Å². The molecule has 3 aromatic rings. The number of amides is 2. The van der Waals surface area contributed by atoms with Gasteiger partial charge in [0.2, 0.25) is 0 Å². The molecule has 0 heterocycles. The molecule has 0 aromatic heterocycles. The molecule has 0 unspecified atom stereocenters. The van der Waals surface area contributed by atoms with E-state index in [2.05, 4.69) is 15.8 Å². The normalized spacial score (nSPS) is 11.1. The van der Waals surface area contributed by atoms with Crippen molar-refractivity contribution in [3.8, 4) is 5.75 Å². The van der Waals surface area contributed by atoms with Crippen LogP contribution in [0.5, 0.6) is 5.75 Å². The molecule has 3 aromatic carbocycles. The minimum absolute atomic E-state index is 0.468.